The summed E-state index contributed by atoms with van der Waals surface area (Å²) in [7, 11) is -3.58. The number of nitrogens with zero attached hydrogens (tertiary/aromatic N) is 1. The Morgan fingerprint density at radius 3 is 2.26 bits per heavy atom. The molecule has 1 aromatic rings. The summed E-state index contributed by atoms with van der Waals surface area (Å²) in [6, 6.07) is 8.55. The van der Waals surface area contributed by atoms with E-state index in [1.165, 1.54) is 0 Å². The Morgan fingerprint density at radius 1 is 1.32 bits per heavy atom. The van der Waals surface area contributed by atoms with Gasteiger partial charge in [-0.3, -0.25) is 0 Å². The quantitative estimate of drug-likeness (QED) is 0.844. The molecule has 0 aliphatic heterocycles. The van der Waals surface area contributed by atoms with Gasteiger partial charge >= 0.3 is 0 Å². The molecule has 102 valence electrons. The van der Waals surface area contributed by atoms with E-state index in [4.69, 9.17) is 0 Å². The minimum atomic E-state index is -3.58. The van der Waals surface area contributed by atoms with E-state index in [1.807, 2.05) is 0 Å². The van der Waals surface area contributed by atoms with Gasteiger partial charge in [0, 0.05) is 4.47 Å². The van der Waals surface area contributed by atoms with E-state index in [9.17, 15) is 13.7 Å². The molecule has 0 spiro atoms. The standard InChI is InChI=1S/C14H16BrNO2S/c1-10(2)11-7-14(8-11,9-16)19(17,18)13-5-3-12(15)4-6-13/h3-6,10-11H,7-8H2,1-2H3. The van der Waals surface area contributed by atoms with Crippen LogP contribution < -0.4 is 0 Å². The maximum Gasteiger partial charge on any atom is 0.197 e. The van der Waals surface area contributed by atoms with Crippen molar-refractivity contribution in [2.45, 2.75) is 36.3 Å². The highest BCUT2D eigenvalue weighted by atomic mass is 79.9. The SMILES string of the molecule is CC(C)C1CC(C#N)(S(=O)(=O)c2ccc(Br)cc2)C1. The zero-order valence-corrected chi connectivity index (χ0v) is 13.3. The highest BCUT2D eigenvalue weighted by molar-refractivity contribution is 9.10. The lowest BCUT2D eigenvalue weighted by Crippen LogP contribution is -2.50. The lowest BCUT2D eigenvalue weighted by Gasteiger charge is -2.43. The Bertz CT molecular complexity index is 608. The number of nitriles is 1. The van der Waals surface area contributed by atoms with Gasteiger partial charge in [0.15, 0.2) is 14.6 Å². The fourth-order valence-electron chi connectivity index (χ4n) is 2.47. The maximum absolute atomic E-state index is 12.6. The van der Waals surface area contributed by atoms with Crippen molar-refractivity contribution in [1.29, 1.82) is 5.26 Å². The minimum absolute atomic E-state index is 0.236. The Kier molecular flexibility index (Phi) is 3.76. The van der Waals surface area contributed by atoms with Crippen LogP contribution in [0.25, 0.3) is 0 Å². The molecule has 0 unspecified atom stereocenters. The number of halogens is 1. The fourth-order valence-corrected chi connectivity index (χ4v) is 4.67. The normalized spacial score (nSPS) is 26.8. The summed E-state index contributed by atoms with van der Waals surface area (Å²) in [4.78, 5) is 0.236. The van der Waals surface area contributed by atoms with Gasteiger partial charge in [0.25, 0.3) is 0 Å². The van der Waals surface area contributed by atoms with Gasteiger partial charge in [-0.05, 0) is 48.9 Å². The molecule has 5 heteroatoms. The van der Waals surface area contributed by atoms with Crippen molar-refractivity contribution in [2.75, 3.05) is 0 Å². The number of hydrogen-bond acceptors (Lipinski definition) is 3. The molecule has 1 saturated carbocycles. The third-order valence-electron chi connectivity index (χ3n) is 3.97. The molecule has 1 fully saturated rings. The van der Waals surface area contributed by atoms with Crippen LogP contribution >= 0.6 is 15.9 Å². The summed E-state index contributed by atoms with van der Waals surface area (Å²) < 4.78 is 24.8. The smallest absolute Gasteiger partial charge is 0.197 e. The Balaban J connectivity index is 2.35. The first-order valence-corrected chi connectivity index (χ1v) is 8.51. The van der Waals surface area contributed by atoms with E-state index in [1.54, 1.807) is 24.3 Å². The summed E-state index contributed by atoms with van der Waals surface area (Å²) in [5.41, 5.74) is 0. The van der Waals surface area contributed by atoms with Gasteiger partial charge < -0.3 is 0 Å². The van der Waals surface area contributed by atoms with Gasteiger partial charge in [-0.1, -0.05) is 29.8 Å². The average molecular weight is 342 g/mol. The number of rotatable bonds is 3. The van der Waals surface area contributed by atoms with Crippen molar-refractivity contribution in [1.82, 2.24) is 0 Å². The van der Waals surface area contributed by atoms with Crippen molar-refractivity contribution in [3.8, 4) is 6.07 Å². The van der Waals surface area contributed by atoms with Crippen molar-refractivity contribution >= 4 is 25.8 Å². The molecule has 1 aliphatic rings. The Morgan fingerprint density at radius 2 is 1.84 bits per heavy atom. The molecule has 0 radical (unpaired) electrons. The average Bonchev–Trinajstić information content (AvgIpc) is 2.28. The van der Waals surface area contributed by atoms with E-state index in [0.29, 0.717) is 24.7 Å². The first kappa shape index (κ1) is 14.5. The van der Waals surface area contributed by atoms with Crippen LogP contribution in [0.3, 0.4) is 0 Å². The predicted molar refractivity (Wildman–Crippen MR) is 77.2 cm³/mol. The predicted octanol–water partition coefficient (Wildman–Crippen LogP) is 3.55. The molecule has 0 heterocycles. The number of sulfone groups is 1. The Hall–Kier alpha value is -0.860. The van der Waals surface area contributed by atoms with Crippen molar-refractivity contribution in [2.24, 2.45) is 11.8 Å². The molecule has 0 bridgehead atoms. The van der Waals surface area contributed by atoms with Gasteiger partial charge in [0.1, 0.15) is 0 Å². The molecule has 0 saturated heterocycles. The molecule has 1 aromatic carbocycles. The highest BCUT2D eigenvalue weighted by Gasteiger charge is 2.55. The fraction of sp³-hybridized carbons (Fsp3) is 0.500. The lowest BCUT2D eigenvalue weighted by molar-refractivity contribution is 0.198. The summed E-state index contributed by atoms with van der Waals surface area (Å²) in [6.45, 7) is 4.14. The van der Waals surface area contributed by atoms with Crippen molar-refractivity contribution < 1.29 is 8.42 Å². The second kappa shape index (κ2) is 4.92. The number of hydrogen-bond donors (Lipinski definition) is 0. The van der Waals surface area contributed by atoms with E-state index in [0.717, 1.165) is 4.47 Å². The molecule has 0 amide bonds. The zero-order chi connectivity index (χ0) is 14.3. The van der Waals surface area contributed by atoms with Gasteiger partial charge in [0.2, 0.25) is 0 Å². The third kappa shape index (κ3) is 2.32. The van der Waals surface area contributed by atoms with Gasteiger partial charge in [-0.15, -0.1) is 0 Å². The lowest BCUT2D eigenvalue weighted by atomic mass is 9.69. The van der Waals surface area contributed by atoms with Crippen molar-refractivity contribution in [3.63, 3.8) is 0 Å². The zero-order valence-electron chi connectivity index (χ0n) is 10.9. The van der Waals surface area contributed by atoms with Crippen LogP contribution in [0.5, 0.6) is 0 Å². The first-order valence-electron chi connectivity index (χ1n) is 6.24. The van der Waals surface area contributed by atoms with Crippen LogP contribution in [-0.2, 0) is 9.84 Å². The van der Waals surface area contributed by atoms with Crippen LogP contribution in [-0.4, -0.2) is 13.2 Å². The number of benzene rings is 1. The second-order valence-corrected chi connectivity index (χ2v) is 8.65. The van der Waals surface area contributed by atoms with Crippen LogP contribution in [0.15, 0.2) is 33.6 Å². The summed E-state index contributed by atoms with van der Waals surface area (Å²) in [6.07, 6.45) is 0.888. The summed E-state index contributed by atoms with van der Waals surface area (Å²) in [5.74, 6) is 0.742. The van der Waals surface area contributed by atoms with E-state index in [2.05, 4.69) is 35.8 Å². The maximum atomic E-state index is 12.6. The van der Waals surface area contributed by atoms with E-state index >= 15 is 0 Å². The van der Waals surface area contributed by atoms with Crippen molar-refractivity contribution in [3.05, 3.63) is 28.7 Å². The Labute approximate surface area is 122 Å². The molecule has 0 atom stereocenters. The summed E-state index contributed by atoms with van der Waals surface area (Å²) >= 11 is 3.28. The second-order valence-electron chi connectivity index (χ2n) is 5.48. The largest absolute Gasteiger partial charge is 0.222 e. The third-order valence-corrected chi connectivity index (χ3v) is 6.84. The van der Waals surface area contributed by atoms with Gasteiger partial charge in [-0.25, -0.2) is 8.42 Å². The van der Waals surface area contributed by atoms with E-state index < -0.39 is 14.6 Å². The topological polar surface area (TPSA) is 57.9 Å². The molecular weight excluding hydrogens is 326 g/mol. The molecule has 0 N–H and O–H groups in total. The first-order chi connectivity index (χ1) is 8.82. The molecule has 2 rings (SSSR count). The molecule has 3 nitrogen and oxygen atoms in total. The van der Waals surface area contributed by atoms with Crippen LogP contribution in [0.2, 0.25) is 0 Å². The van der Waals surface area contributed by atoms with Crippen LogP contribution in [0, 0.1) is 23.2 Å². The molecule has 1 aliphatic carbocycles. The van der Waals surface area contributed by atoms with Crippen LogP contribution in [0.4, 0.5) is 0 Å². The minimum Gasteiger partial charge on any atom is -0.222 e. The molecular formula is C14H16BrNO2S. The van der Waals surface area contributed by atoms with E-state index in [-0.39, 0.29) is 4.90 Å². The van der Waals surface area contributed by atoms with Gasteiger partial charge in [0.05, 0.1) is 11.0 Å². The molecule has 19 heavy (non-hydrogen) atoms. The highest BCUT2D eigenvalue weighted by Crippen LogP contribution is 2.49. The monoisotopic (exact) mass is 341 g/mol. The van der Waals surface area contributed by atoms with Gasteiger partial charge in [-0.2, -0.15) is 5.26 Å². The molecule has 0 aromatic heterocycles. The summed E-state index contributed by atoms with van der Waals surface area (Å²) in [5, 5.41) is 9.35. The van der Waals surface area contributed by atoms with Crippen LogP contribution in [0.1, 0.15) is 26.7 Å².